The minimum Gasteiger partial charge on any atom is -0.462 e. The lowest BCUT2D eigenvalue weighted by atomic mass is 10.1. The van der Waals surface area contributed by atoms with Gasteiger partial charge in [0.05, 0.1) is 30.0 Å². The Morgan fingerprint density at radius 3 is 2.71 bits per heavy atom. The zero-order valence-electron chi connectivity index (χ0n) is 16.2. The Bertz CT molecular complexity index is 977. The van der Waals surface area contributed by atoms with Crippen LogP contribution in [0.5, 0.6) is 0 Å². The number of piperazine rings is 1. The van der Waals surface area contributed by atoms with Gasteiger partial charge in [0.25, 0.3) is 0 Å². The number of carbonyl (C=O) groups is 1. The Labute approximate surface area is 163 Å². The van der Waals surface area contributed by atoms with Crippen LogP contribution >= 0.6 is 0 Å². The number of ether oxygens (including phenoxy) is 1. The molecule has 3 aromatic rings. The average Bonchev–Trinajstić information content (AvgIpc) is 3.12. The molecule has 0 aliphatic carbocycles. The number of aromatic nitrogens is 2. The number of pyridine rings is 1. The van der Waals surface area contributed by atoms with E-state index in [4.69, 9.17) is 9.26 Å². The van der Waals surface area contributed by atoms with Crippen LogP contribution in [0.3, 0.4) is 0 Å². The number of aryl methyl sites for hydroxylation is 1. The first-order valence-electron chi connectivity index (χ1n) is 9.60. The van der Waals surface area contributed by atoms with Crippen LogP contribution in [-0.4, -0.2) is 53.8 Å². The molecule has 0 unspecified atom stereocenters. The molecule has 1 fully saturated rings. The maximum absolute atomic E-state index is 12.5. The summed E-state index contributed by atoms with van der Waals surface area (Å²) >= 11 is 0. The first-order chi connectivity index (χ1) is 13.7. The number of benzene rings is 1. The SMILES string of the molecule is CCOC(=O)c1cnc2ccccc2c1N1CCN(Cc2cc(C)no2)CC1. The van der Waals surface area contributed by atoms with Crippen LogP contribution < -0.4 is 4.90 Å². The molecule has 0 atom stereocenters. The van der Waals surface area contributed by atoms with Crippen LogP contribution in [0, 0.1) is 6.92 Å². The zero-order valence-corrected chi connectivity index (χ0v) is 16.2. The zero-order chi connectivity index (χ0) is 19.5. The Morgan fingerprint density at radius 1 is 1.21 bits per heavy atom. The van der Waals surface area contributed by atoms with E-state index in [1.54, 1.807) is 6.20 Å². The van der Waals surface area contributed by atoms with Crippen molar-refractivity contribution >= 4 is 22.6 Å². The smallest absolute Gasteiger partial charge is 0.341 e. The second kappa shape index (κ2) is 7.98. The predicted octanol–water partition coefficient (Wildman–Crippen LogP) is 3.03. The summed E-state index contributed by atoms with van der Waals surface area (Å²) in [6.45, 7) is 8.21. The van der Waals surface area contributed by atoms with E-state index >= 15 is 0 Å². The Morgan fingerprint density at radius 2 is 2.00 bits per heavy atom. The van der Waals surface area contributed by atoms with Gasteiger partial charge in [0.15, 0.2) is 5.76 Å². The van der Waals surface area contributed by atoms with Gasteiger partial charge in [0.1, 0.15) is 5.56 Å². The molecule has 7 nitrogen and oxygen atoms in total. The Hall–Kier alpha value is -2.93. The van der Waals surface area contributed by atoms with Gasteiger partial charge < -0.3 is 14.2 Å². The Kier molecular flexibility index (Phi) is 5.25. The molecule has 0 radical (unpaired) electrons. The van der Waals surface area contributed by atoms with E-state index in [0.717, 1.165) is 60.8 Å². The quantitative estimate of drug-likeness (QED) is 0.630. The van der Waals surface area contributed by atoms with Crippen LogP contribution in [0.4, 0.5) is 5.69 Å². The number of carbonyl (C=O) groups excluding carboxylic acids is 1. The van der Waals surface area contributed by atoms with Crippen molar-refractivity contribution in [3.05, 3.63) is 53.5 Å². The predicted molar refractivity (Wildman–Crippen MR) is 106 cm³/mol. The van der Waals surface area contributed by atoms with Crippen molar-refractivity contribution in [3.8, 4) is 0 Å². The van der Waals surface area contributed by atoms with Crippen molar-refractivity contribution in [2.24, 2.45) is 0 Å². The molecule has 0 bridgehead atoms. The molecule has 0 amide bonds. The van der Waals surface area contributed by atoms with E-state index in [1.165, 1.54) is 0 Å². The molecule has 1 aromatic carbocycles. The molecule has 3 heterocycles. The van der Waals surface area contributed by atoms with E-state index in [0.29, 0.717) is 12.2 Å². The molecule has 4 rings (SSSR count). The second-order valence-electron chi connectivity index (χ2n) is 6.96. The topological polar surface area (TPSA) is 71.7 Å². The molecular weight excluding hydrogens is 356 g/mol. The van der Waals surface area contributed by atoms with E-state index < -0.39 is 0 Å². The number of nitrogens with zero attached hydrogens (tertiary/aromatic N) is 4. The maximum atomic E-state index is 12.5. The fraction of sp³-hybridized carbons (Fsp3) is 0.381. The molecule has 0 N–H and O–H groups in total. The van der Waals surface area contributed by atoms with Gasteiger partial charge in [-0.1, -0.05) is 23.4 Å². The molecule has 146 valence electrons. The average molecular weight is 380 g/mol. The van der Waals surface area contributed by atoms with Gasteiger partial charge in [0.2, 0.25) is 0 Å². The summed E-state index contributed by atoms with van der Waals surface area (Å²) < 4.78 is 10.6. The molecular formula is C21H24N4O3. The number of esters is 1. The number of fused-ring (bicyclic) bond motifs is 1. The summed E-state index contributed by atoms with van der Waals surface area (Å²) in [6, 6.07) is 9.90. The van der Waals surface area contributed by atoms with Crippen molar-refractivity contribution in [3.63, 3.8) is 0 Å². The van der Waals surface area contributed by atoms with Gasteiger partial charge in [-0.2, -0.15) is 0 Å². The van der Waals surface area contributed by atoms with E-state index in [9.17, 15) is 4.79 Å². The minimum absolute atomic E-state index is 0.324. The lowest BCUT2D eigenvalue weighted by Gasteiger charge is -2.36. The van der Waals surface area contributed by atoms with Gasteiger partial charge in [0, 0.05) is 43.8 Å². The summed E-state index contributed by atoms with van der Waals surface area (Å²) in [6.07, 6.45) is 1.64. The van der Waals surface area contributed by atoms with Crippen LogP contribution in [0.2, 0.25) is 0 Å². The monoisotopic (exact) mass is 380 g/mol. The summed E-state index contributed by atoms with van der Waals surface area (Å²) in [7, 11) is 0. The third kappa shape index (κ3) is 3.71. The highest BCUT2D eigenvalue weighted by atomic mass is 16.5. The standard InChI is InChI=1S/C21H24N4O3/c1-3-27-21(26)18-13-22-19-7-5-4-6-17(19)20(18)25-10-8-24(9-11-25)14-16-12-15(2)23-28-16/h4-7,12-13H,3,8-11,14H2,1-2H3. The fourth-order valence-corrected chi connectivity index (χ4v) is 3.67. The van der Waals surface area contributed by atoms with Crippen molar-refractivity contribution in [1.82, 2.24) is 15.0 Å². The maximum Gasteiger partial charge on any atom is 0.341 e. The molecule has 1 aliphatic heterocycles. The van der Waals surface area contributed by atoms with Crippen molar-refractivity contribution in [1.29, 1.82) is 0 Å². The van der Waals surface area contributed by atoms with Crippen molar-refractivity contribution in [2.45, 2.75) is 20.4 Å². The first-order valence-corrected chi connectivity index (χ1v) is 9.60. The highest BCUT2D eigenvalue weighted by molar-refractivity contribution is 6.05. The lowest BCUT2D eigenvalue weighted by molar-refractivity contribution is 0.0526. The fourth-order valence-electron chi connectivity index (χ4n) is 3.67. The molecule has 0 spiro atoms. The number of rotatable bonds is 5. The van der Waals surface area contributed by atoms with Crippen LogP contribution in [0.15, 0.2) is 41.1 Å². The van der Waals surface area contributed by atoms with E-state index in [-0.39, 0.29) is 5.97 Å². The highest BCUT2D eigenvalue weighted by Crippen LogP contribution is 2.31. The first kappa shape index (κ1) is 18.4. The van der Waals surface area contributed by atoms with Crippen molar-refractivity contribution < 1.29 is 14.1 Å². The van der Waals surface area contributed by atoms with E-state index in [2.05, 4.69) is 19.9 Å². The number of anilines is 1. The number of para-hydroxylation sites is 1. The third-order valence-electron chi connectivity index (χ3n) is 4.99. The second-order valence-corrected chi connectivity index (χ2v) is 6.96. The lowest BCUT2D eigenvalue weighted by Crippen LogP contribution is -2.46. The summed E-state index contributed by atoms with van der Waals surface area (Å²) in [5.41, 5.74) is 3.22. The van der Waals surface area contributed by atoms with Crippen LogP contribution in [0.1, 0.15) is 28.7 Å². The van der Waals surface area contributed by atoms with Crippen molar-refractivity contribution in [2.75, 3.05) is 37.7 Å². The summed E-state index contributed by atoms with van der Waals surface area (Å²) in [5, 5.41) is 4.94. The molecule has 1 aliphatic rings. The molecule has 0 saturated carbocycles. The minimum atomic E-state index is -0.324. The van der Waals surface area contributed by atoms with Gasteiger partial charge in [-0.3, -0.25) is 9.88 Å². The van der Waals surface area contributed by atoms with Crippen LogP contribution in [0.25, 0.3) is 10.9 Å². The summed E-state index contributed by atoms with van der Waals surface area (Å²) in [5.74, 6) is 0.558. The molecule has 1 saturated heterocycles. The van der Waals surface area contributed by atoms with Gasteiger partial charge >= 0.3 is 5.97 Å². The Balaban J connectivity index is 1.58. The summed E-state index contributed by atoms with van der Waals surface area (Å²) in [4.78, 5) is 21.6. The molecule has 28 heavy (non-hydrogen) atoms. The van der Waals surface area contributed by atoms with Gasteiger partial charge in [-0.25, -0.2) is 4.79 Å². The largest absolute Gasteiger partial charge is 0.462 e. The number of hydrogen-bond acceptors (Lipinski definition) is 7. The molecule has 2 aromatic heterocycles. The van der Waals surface area contributed by atoms with E-state index in [1.807, 2.05) is 44.2 Å². The molecule has 7 heteroatoms. The van der Waals surface area contributed by atoms with Gasteiger partial charge in [-0.15, -0.1) is 0 Å². The third-order valence-corrected chi connectivity index (χ3v) is 4.99. The van der Waals surface area contributed by atoms with Crippen LogP contribution in [-0.2, 0) is 11.3 Å². The highest BCUT2D eigenvalue weighted by Gasteiger charge is 2.25. The number of hydrogen-bond donors (Lipinski definition) is 0. The normalized spacial score (nSPS) is 15.1. The van der Waals surface area contributed by atoms with Gasteiger partial charge in [-0.05, 0) is 19.9 Å².